The maximum Gasteiger partial charge on any atom is 0.300 e. The largest absolute Gasteiger partial charge is 0.300 e. The lowest BCUT2D eigenvalue weighted by atomic mass is 10.2. The third-order valence-electron chi connectivity index (χ3n) is 2.55. The Kier molecular flexibility index (Phi) is 4.99. The van der Waals surface area contributed by atoms with E-state index in [9.17, 15) is 18.5 Å². The molecule has 114 valence electrons. The Morgan fingerprint density at radius 3 is 2.76 bits per heavy atom. The number of nitro groups is 1. The summed E-state index contributed by atoms with van der Waals surface area (Å²) in [7, 11) is -3.81. The number of hydrogen-bond acceptors (Lipinski definition) is 6. The highest BCUT2D eigenvalue weighted by Gasteiger charge is 2.26. The minimum atomic E-state index is -3.81. The van der Waals surface area contributed by atoms with Crippen LogP contribution in [0.3, 0.4) is 0 Å². The van der Waals surface area contributed by atoms with E-state index in [0.717, 1.165) is 10.9 Å². The van der Waals surface area contributed by atoms with Crippen molar-refractivity contribution in [2.45, 2.75) is 23.6 Å². The average Bonchev–Trinajstić information content (AvgIpc) is 2.97. The zero-order valence-electron chi connectivity index (χ0n) is 10.8. The summed E-state index contributed by atoms with van der Waals surface area (Å²) in [5.74, 6) is 0. The molecule has 2 aromatic rings. The van der Waals surface area contributed by atoms with E-state index in [-0.39, 0.29) is 14.6 Å². The number of halogens is 1. The molecule has 2 rings (SSSR count). The molecule has 0 fully saturated rings. The second-order valence-electron chi connectivity index (χ2n) is 4.29. The number of sulfonamides is 1. The molecule has 2 heterocycles. The quantitative estimate of drug-likeness (QED) is 0.627. The smallest absolute Gasteiger partial charge is 0.258 e. The molecule has 0 aliphatic carbocycles. The summed E-state index contributed by atoms with van der Waals surface area (Å²) in [6.45, 7) is 1.74. The van der Waals surface area contributed by atoms with Gasteiger partial charge < -0.3 is 0 Å². The first-order chi connectivity index (χ1) is 9.79. The Balaban J connectivity index is 2.14. The molecule has 1 unspecified atom stereocenters. The van der Waals surface area contributed by atoms with Crippen LogP contribution < -0.4 is 4.72 Å². The maximum atomic E-state index is 12.2. The third-order valence-corrected chi connectivity index (χ3v) is 6.85. The molecule has 1 atom stereocenters. The van der Waals surface area contributed by atoms with Gasteiger partial charge in [-0.1, -0.05) is 17.7 Å². The summed E-state index contributed by atoms with van der Waals surface area (Å²) in [6.07, 6.45) is 0.554. The SMILES string of the molecule is CC(Cc1cccs1)NS(=O)(=O)c1cc([N+](=O)[O-])c(Cl)s1. The topological polar surface area (TPSA) is 89.3 Å². The van der Waals surface area contributed by atoms with E-state index >= 15 is 0 Å². The minimum Gasteiger partial charge on any atom is -0.258 e. The standard InChI is InChI=1S/C11H11ClN2O4S3/c1-7(5-8-3-2-4-19-8)13-21(17,18)10-6-9(14(15)16)11(12)20-10/h2-4,6-7,13H,5H2,1H3. The summed E-state index contributed by atoms with van der Waals surface area (Å²) in [4.78, 5) is 11.1. The van der Waals surface area contributed by atoms with E-state index in [2.05, 4.69) is 4.72 Å². The lowest BCUT2D eigenvalue weighted by Gasteiger charge is -2.11. The Bertz CT molecular complexity index is 740. The van der Waals surface area contributed by atoms with Crippen LogP contribution in [0.4, 0.5) is 5.69 Å². The Labute approximate surface area is 134 Å². The van der Waals surface area contributed by atoms with Gasteiger partial charge in [0, 0.05) is 17.0 Å². The van der Waals surface area contributed by atoms with Gasteiger partial charge in [0.25, 0.3) is 15.7 Å². The van der Waals surface area contributed by atoms with Crippen LogP contribution in [0, 0.1) is 10.1 Å². The van der Waals surface area contributed by atoms with Crippen molar-refractivity contribution in [3.05, 3.63) is 42.9 Å². The van der Waals surface area contributed by atoms with Crippen molar-refractivity contribution in [3.63, 3.8) is 0 Å². The van der Waals surface area contributed by atoms with Gasteiger partial charge in [0.1, 0.15) is 4.21 Å². The number of nitrogens with one attached hydrogen (secondary N) is 1. The molecule has 0 radical (unpaired) electrons. The second kappa shape index (κ2) is 6.41. The average molecular weight is 367 g/mol. The molecule has 0 spiro atoms. The summed E-state index contributed by atoms with van der Waals surface area (Å²) < 4.78 is 26.6. The second-order valence-corrected chi connectivity index (χ2v) is 8.91. The Morgan fingerprint density at radius 1 is 1.52 bits per heavy atom. The van der Waals surface area contributed by atoms with Gasteiger partial charge >= 0.3 is 0 Å². The fraction of sp³-hybridized carbons (Fsp3) is 0.273. The molecule has 0 aromatic carbocycles. The van der Waals surface area contributed by atoms with E-state index < -0.39 is 20.6 Å². The number of rotatable bonds is 6. The van der Waals surface area contributed by atoms with Gasteiger partial charge in [-0.15, -0.1) is 22.7 Å². The maximum absolute atomic E-state index is 12.2. The van der Waals surface area contributed by atoms with E-state index in [0.29, 0.717) is 17.8 Å². The molecule has 6 nitrogen and oxygen atoms in total. The van der Waals surface area contributed by atoms with Crippen LogP contribution in [-0.2, 0) is 16.4 Å². The van der Waals surface area contributed by atoms with Gasteiger partial charge in [-0.3, -0.25) is 10.1 Å². The van der Waals surface area contributed by atoms with Crippen LogP contribution in [-0.4, -0.2) is 19.4 Å². The van der Waals surface area contributed by atoms with Gasteiger partial charge in [0.2, 0.25) is 0 Å². The molecule has 21 heavy (non-hydrogen) atoms. The monoisotopic (exact) mass is 366 g/mol. The first-order valence-electron chi connectivity index (χ1n) is 5.78. The van der Waals surface area contributed by atoms with Gasteiger partial charge in [-0.2, -0.15) is 0 Å². The van der Waals surface area contributed by atoms with E-state index in [1.54, 1.807) is 18.3 Å². The van der Waals surface area contributed by atoms with Crippen molar-refractivity contribution >= 4 is 50.0 Å². The van der Waals surface area contributed by atoms with Gasteiger partial charge in [-0.05, 0) is 24.8 Å². The lowest BCUT2D eigenvalue weighted by Crippen LogP contribution is -2.33. The van der Waals surface area contributed by atoms with Crippen LogP contribution >= 0.6 is 34.3 Å². The zero-order valence-corrected chi connectivity index (χ0v) is 14.0. The highest BCUT2D eigenvalue weighted by Crippen LogP contribution is 2.36. The van der Waals surface area contributed by atoms with Crippen LogP contribution in [0.15, 0.2) is 27.8 Å². The number of nitrogens with zero attached hydrogens (tertiary/aromatic N) is 1. The van der Waals surface area contributed by atoms with Gasteiger partial charge in [0.05, 0.1) is 4.92 Å². The number of hydrogen-bond donors (Lipinski definition) is 1. The van der Waals surface area contributed by atoms with Crippen LogP contribution in [0.25, 0.3) is 0 Å². The summed E-state index contributed by atoms with van der Waals surface area (Å²) in [5, 5.41) is 12.6. The molecular formula is C11H11ClN2O4S3. The predicted octanol–water partition coefficient (Wildman–Crippen LogP) is 3.28. The Hall–Kier alpha value is -1.000. The molecule has 0 aliphatic rings. The molecular weight excluding hydrogens is 356 g/mol. The molecule has 0 amide bonds. The van der Waals surface area contributed by atoms with Crippen LogP contribution in [0.5, 0.6) is 0 Å². The minimum absolute atomic E-state index is 0.147. The molecule has 0 bridgehead atoms. The zero-order chi connectivity index (χ0) is 15.6. The van der Waals surface area contributed by atoms with Crippen molar-refractivity contribution in [2.75, 3.05) is 0 Å². The first-order valence-corrected chi connectivity index (χ1v) is 9.34. The predicted molar refractivity (Wildman–Crippen MR) is 83.8 cm³/mol. The highest BCUT2D eigenvalue weighted by molar-refractivity contribution is 7.91. The fourth-order valence-corrected chi connectivity index (χ4v) is 5.45. The van der Waals surface area contributed by atoms with Gasteiger partial charge in [-0.25, -0.2) is 13.1 Å². The summed E-state index contributed by atoms with van der Waals surface area (Å²) >= 11 is 7.90. The lowest BCUT2D eigenvalue weighted by molar-refractivity contribution is -0.384. The highest BCUT2D eigenvalue weighted by atomic mass is 35.5. The van der Waals surface area contributed by atoms with Crippen molar-refractivity contribution in [3.8, 4) is 0 Å². The fourth-order valence-electron chi connectivity index (χ4n) is 1.69. The molecule has 1 N–H and O–H groups in total. The third kappa shape index (κ3) is 4.01. The van der Waals surface area contributed by atoms with E-state index in [1.165, 1.54) is 0 Å². The normalized spacial score (nSPS) is 13.2. The van der Waals surface area contributed by atoms with Crippen LogP contribution in [0.2, 0.25) is 4.34 Å². The van der Waals surface area contributed by atoms with E-state index in [4.69, 9.17) is 11.6 Å². The summed E-state index contributed by atoms with van der Waals surface area (Å²) in [5.41, 5.74) is -0.395. The summed E-state index contributed by atoms with van der Waals surface area (Å²) in [6, 6.07) is 4.47. The molecule has 2 aromatic heterocycles. The van der Waals surface area contributed by atoms with Crippen molar-refractivity contribution in [1.29, 1.82) is 0 Å². The first kappa shape index (κ1) is 16.4. The van der Waals surface area contributed by atoms with E-state index in [1.807, 2.05) is 17.5 Å². The van der Waals surface area contributed by atoms with Crippen molar-refractivity contribution < 1.29 is 13.3 Å². The molecule has 0 saturated heterocycles. The van der Waals surface area contributed by atoms with Crippen molar-refractivity contribution in [2.24, 2.45) is 0 Å². The molecule has 10 heteroatoms. The van der Waals surface area contributed by atoms with Crippen LogP contribution in [0.1, 0.15) is 11.8 Å². The van der Waals surface area contributed by atoms with Gasteiger partial charge in [0.15, 0.2) is 4.34 Å². The molecule has 0 saturated carbocycles. The number of thiophene rings is 2. The van der Waals surface area contributed by atoms with Crippen molar-refractivity contribution in [1.82, 2.24) is 4.72 Å². The molecule has 0 aliphatic heterocycles. The Morgan fingerprint density at radius 2 is 2.24 bits per heavy atom.